The molecular formula is C10H13N3O2. The zero-order valence-corrected chi connectivity index (χ0v) is 8.54. The van der Waals surface area contributed by atoms with Gasteiger partial charge in [-0.25, -0.2) is 0 Å². The normalized spacial score (nSPS) is 9.60. The number of furan rings is 1. The topological polar surface area (TPSA) is 78.1 Å². The van der Waals surface area contributed by atoms with Gasteiger partial charge in [0.2, 0.25) is 11.7 Å². The first-order chi connectivity index (χ1) is 7.26. The number of likely N-dealkylation sites (N-methyl/N-ethyl adjacent to an activating group) is 1. The summed E-state index contributed by atoms with van der Waals surface area (Å²) >= 11 is 0. The summed E-state index contributed by atoms with van der Waals surface area (Å²) in [6, 6.07) is 5.21. The summed E-state index contributed by atoms with van der Waals surface area (Å²) in [7, 11) is 0. The van der Waals surface area contributed by atoms with E-state index in [2.05, 4.69) is 10.6 Å². The molecule has 1 aromatic rings. The molecule has 0 fully saturated rings. The maximum Gasteiger partial charge on any atom is 0.233 e. The maximum absolute atomic E-state index is 11.0. The van der Waals surface area contributed by atoms with Crippen molar-refractivity contribution in [2.45, 2.75) is 13.5 Å². The van der Waals surface area contributed by atoms with E-state index < -0.39 is 0 Å². The number of hydrogen-bond donors (Lipinski definition) is 2. The second kappa shape index (κ2) is 5.83. The highest BCUT2D eigenvalue weighted by atomic mass is 16.3. The van der Waals surface area contributed by atoms with Crippen LogP contribution in [0.5, 0.6) is 0 Å². The summed E-state index contributed by atoms with van der Waals surface area (Å²) in [4.78, 5) is 11.0. The zero-order valence-electron chi connectivity index (χ0n) is 8.54. The van der Waals surface area contributed by atoms with E-state index in [1.165, 1.54) is 0 Å². The molecule has 0 aliphatic rings. The monoisotopic (exact) mass is 207 g/mol. The van der Waals surface area contributed by atoms with Crippen LogP contribution in [0.25, 0.3) is 0 Å². The van der Waals surface area contributed by atoms with Crippen LogP contribution in [0.2, 0.25) is 0 Å². The lowest BCUT2D eigenvalue weighted by atomic mass is 10.4. The summed E-state index contributed by atoms with van der Waals surface area (Å²) in [6.45, 7) is 3.18. The van der Waals surface area contributed by atoms with E-state index in [4.69, 9.17) is 9.68 Å². The van der Waals surface area contributed by atoms with Gasteiger partial charge < -0.3 is 15.1 Å². The Morgan fingerprint density at radius 3 is 3.00 bits per heavy atom. The van der Waals surface area contributed by atoms with Gasteiger partial charge in [0.15, 0.2) is 0 Å². The van der Waals surface area contributed by atoms with E-state index in [0.717, 1.165) is 0 Å². The first-order valence-electron chi connectivity index (χ1n) is 4.72. The van der Waals surface area contributed by atoms with Crippen LogP contribution in [0.15, 0.2) is 16.5 Å². The number of nitrogens with one attached hydrogen (secondary N) is 2. The molecule has 1 aromatic heterocycles. The zero-order chi connectivity index (χ0) is 11.1. The Labute approximate surface area is 88.1 Å². The number of nitrogens with zero attached hydrogens (tertiary/aromatic N) is 1. The van der Waals surface area contributed by atoms with Crippen LogP contribution in [0, 0.1) is 11.3 Å². The Morgan fingerprint density at radius 2 is 2.40 bits per heavy atom. The predicted octanol–water partition coefficient (Wildman–Crippen LogP) is 0.377. The molecule has 0 spiro atoms. The lowest BCUT2D eigenvalue weighted by molar-refractivity contribution is -0.120. The molecule has 0 saturated heterocycles. The van der Waals surface area contributed by atoms with E-state index in [1.807, 2.05) is 13.0 Å². The number of nitriles is 1. The van der Waals surface area contributed by atoms with Gasteiger partial charge in [-0.3, -0.25) is 4.79 Å². The lowest BCUT2D eigenvalue weighted by Crippen LogP contribution is -2.33. The van der Waals surface area contributed by atoms with Crippen molar-refractivity contribution in [3.63, 3.8) is 0 Å². The smallest absolute Gasteiger partial charge is 0.233 e. The number of carbonyl (C=O) groups excluding carboxylic acids is 1. The fraction of sp³-hybridized carbons (Fsp3) is 0.400. The molecule has 80 valence electrons. The number of rotatable bonds is 5. The molecule has 2 N–H and O–H groups in total. The van der Waals surface area contributed by atoms with E-state index in [9.17, 15) is 4.79 Å². The van der Waals surface area contributed by atoms with Crippen molar-refractivity contribution in [3.05, 3.63) is 23.7 Å². The van der Waals surface area contributed by atoms with Crippen molar-refractivity contribution in [1.29, 1.82) is 5.26 Å². The van der Waals surface area contributed by atoms with Crippen LogP contribution in [0.4, 0.5) is 0 Å². The molecule has 0 atom stereocenters. The molecular weight excluding hydrogens is 194 g/mol. The molecule has 15 heavy (non-hydrogen) atoms. The fourth-order valence-corrected chi connectivity index (χ4v) is 1.09. The van der Waals surface area contributed by atoms with E-state index in [-0.39, 0.29) is 18.2 Å². The average molecular weight is 207 g/mol. The Hall–Kier alpha value is -1.80. The minimum Gasteiger partial charge on any atom is -0.449 e. The fourth-order valence-electron chi connectivity index (χ4n) is 1.09. The van der Waals surface area contributed by atoms with Crippen molar-refractivity contribution >= 4 is 5.91 Å². The molecule has 0 radical (unpaired) electrons. The van der Waals surface area contributed by atoms with Gasteiger partial charge >= 0.3 is 0 Å². The first-order valence-corrected chi connectivity index (χ1v) is 4.72. The third-order valence-corrected chi connectivity index (χ3v) is 1.73. The van der Waals surface area contributed by atoms with Gasteiger partial charge in [-0.1, -0.05) is 0 Å². The van der Waals surface area contributed by atoms with Crippen LogP contribution < -0.4 is 10.6 Å². The van der Waals surface area contributed by atoms with Gasteiger partial charge in [-0.05, 0) is 19.1 Å². The first kappa shape index (κ1) is 11.3. The van der Waals surface area contributed by atoms with E-state index >= 15 is 0 Å². The highest BCUT2D eigenvalue weighted by molar-refractivity contribution is 5.77. The van der Waals surface area contributed by atoms with Crippen LogP contribution >= 0.6 is 0 Å². The van der Waals surface area contributed by atoms with Gasteiger partial charge in [0.25, 0.3) is 0 Å². The molecule has 0 aromatic carbocycles. The second-order valence-corrected chi connectivity index (χ2v) is 2.93. The predicted molar refractivity (Wildman–Crippen MR) is 53.8 cm³/mol. The van der Waals surface area contributed by atoms with Crippen LogP contribution in [-0.4, -0.2) is 19.0 Å². The van der Waals surface area contributed by atoms with Crippen molar-refractivity contribution in [2.75, 3.05) is 13.1 Å². The number of carbonyl (C=O) groups is 1. The summed E-state index contributed by atoms with van der Waals surface area (Å²) in [5.41, 5.74) is 0. The quantitative estimate of drug-likeness (QED) is 0.731. The average Bonchev–Trinajstić information content (AvgIpc) is 2.66. The second-order valence-electron chi connectivity index (χ2n) is 2.93. The molecule has 5 nitrogen and oxygen atoms in total. The van der Waals surface area contributed by atoms with Crippen molar-refractivity contribution in [2.24, 2.45) is 0 Å². The highest BCUT2D eigenvalue weighted by Gasteiger charge is 2.02. The van der Waals surface area contributed by atoms with Crippen LogP contribution in [0.1, 0.15) is 18.4 Å². The molecule has 1 heterocycles. The summed E-state index contributed by atoms with van der Waals surface area (Å²) in [6.07, 6.45) is 0. The lowest BCUT2D eigenvalue weighted by Gasteiger charge is -2.02. The van der Waals surface area contributed by atoms with E-state index in [0.29, 0.717) is 18.8 Å². The third kappa shape index (κ3) is 3.83. The van der Waals surface area contributed by atoms with Crippen LogP contribution in [-0.2, 0) is 11.3 Å². The highest BCUT2D eigenvalue weighted by Crippen LogP contribution is 2.05. The standard InChI is InChI=1S/C10H13N3O2/c1-2-13-10(14)7-12-6-9-4-3-8(5-11)15-9/h3-4,12H,2,6-7H2,1H3,(H,13,14). The van der Waals surface area contributed by atoms with Gasteiger partial charge in [0.05, 0.1) is 13.1 Å². The van der Waals surface area contributed by atoms with Crippen LogP contribution in [0.3, 0.4) is 0 Å². The summed E-state index contributed by atoms with van der Waals surface area (Å²) in [5.74, 6) is 0.880. The molecule has 0 unspecified atom stereocenters. The SMILES string of the molecule is CCNC(=O)CNCc1ccc(C#N)o1. The number of amides is 1. The molecule has 1 amide bonds. The molecule has 0 bridgehead atoms. The summed E-state index contributed by atoms with van der Waals surface area (Å²) < 4.78 is 5.12. The Kier molecular flexibility index (Phi) is 4.38. The van der Waals surface area contributed by atoms with E-state index in [1.54, 1.807) is 12.1 Å². The van der Waals surface area contributed by atoms with Gasteiger partial charge in [0.1, 0.15) is 11.8 Å². The van der Waals surface area contributed by atoms with Crippen molar-refractivity contribution in [1.82, 2.24) is 10.6 Å². The molecule has 0 aliphatic heterocycles. The maximum atomic E-state index is 11.0. The van der Waals surface area contributed by atoms with Gasteiger partial charge in [-0.2, -0.15) is 5.26 Å². The molecule has 1 rings (SSSR count). The van der Waals surface area contributed by atoms with Gasteiger partial charge in [-0.15, -0.1) is 0 Å². The molecule has 0 aliphatic carbocycles. The molecule has 5 heteroatoms. The minimum atomic E-state index is -0.0513. The third-order valence-electron chi connectivity index (χ3n) is 1.73. The molecule has 0 saturated carbocycles. The Morgan fingerprint density at radius 1 is 1.60 bits per heavy atom. The Balaban J connectivity index is 2.26. The Bertz CT molecular complexity index is 365. The van der Waals surface area contributed by atoms with Crippen molar-refractivity contribution in [3.8, 4) is 6.07 Å². The van der Waals surface area contributed by atoms with Gasteiger partial charge in [0, 0.05) is 6.54 Å². The largest absolute Gasteiger partial charge is 0.449 e. The summed E-state index contributed by atoms with van der Waals surface area (Å²) in [5, 5.41) is 14.1. The number of hydrogen-bond acceptors (Lipinski definition) is 4. The minimum absolute atomic E-state index is 0.0513. The van der Waals surface area contributed by atoms with Crippen molar-refractivity contribution < 1.29 is 9.21 Å².